The van der Waals surface area contributed by atoms with E-state index in [1.807, 2.05) is 6.07 Å². The minimum atomic E-state index is 0.821. The lowest BCUT2D eigenvalue weighted by Gasteiger charge is -2.30. The van der Waals surface area contributed by atoms with E-state index in [0.717, 1.165) is 31.3 Å². The zero-order chi connectivity index (χ0) is 20.6. The van der Waals surface area contributed by atoms with Gasteiger partial charge < -0.3 is 9.30 Å². The number of benzene rings is 2. The number of methoxy groups -OCH3 is 1. The molecular formula is C27H34N2O. The van der Waals surface area contributed by atoms with Crippen LogP contribution in [0.5, 0.6) is 5.75 Å². The van der Waals surface area contributed by atoms with Crippen LogP contribution in [-0.2, 0) is 19.6 Å². The Hall–Kier alpha value is -2.52. The number of nitrogens with zero attached hydrogens (tertiary/aromatic N) is 2. The third-order valence-electron chi connectivity index (χ3n) is 6.29. The third-order valence-corrected chi connectivity index (χ3v) is 6.29. The standard InChI is InChI=1S/C27H34N2O/c1-30-27-16-8-14-25(18-27)20-28(19-23-10-4-2-5-11-23)22-26-15-9-17-29(26)21-24-12-6-3-7-13-24/h3,6-9,12-18,23H,2,4-5,10-11,19-22H2,1H3. The minimum Gasteiger partial charge on any atom is -0.497 e. The van der Waals surface area contributed by atoms with Crippen molar-refractivity contribution in [3.8, 4) is 5.75 Å². The molecule has 158 valence electrons. The summed E-state index contributed by atoms with van der Waals surface area (Å²) < 4.78 is 7.85. The average Bonchev–Trinajstić information content (AvgIpc) is 3.21. The van der Waals surface area contributed by atoms with E-state index >= 15 is 0 Å². The lowest BCUT2D eigenvalue weighted by atomic mass is 9.89. The fourth-order valence-electron chi connectivity index (χ4n) is 4.71. The summed E-state index contributed by atoms with van der Waals surface area (Å²) in [5.41, 5.74) is 4.06. The molecule has 0 unspecified atom stereocenters. The summed E-state index contributed by atoms with van der Waals surface area (Å²) >= 11 is 0. The van der Waals surface area contributed by atoms with Crippen LogP contribution in [0.3, 0.4) is 0 Å². The van der Waals surface area contributed by atoms with Crippen molar-refractivity contribution in [1.82, 2.24) is 9.47 Å². The molecule has 1 aliphatic carbocycles. The number of ether oxygens (including phenoxy) is 1. The first-order valence-corrected chi connectivity index (χ1v) is 11.3. The second kappa shape index (κ2) is 10.5. The van der Waals surface area contributed by atoms with Gasteiger partial charge in [-0.3, -0.25) is 4.90 Å². The SMILES string of the molecule is COc1cccc(CN(Cc2cccn2Cc2ccccc2)CC2CCCCC2)c1. The highest BCUT2D eigenvalue weighted by atomic mass is 16.5. The fraction of sp³-hybridized carbons (Fsp3) is 0.407. The molecule has 1 aromatic heterocycles. The molecular weight excluding hydrogens is 368 g/mol. The molecule has 0 saturated heterocycles. The molecule has 0 N–H and O–H groups in total. The summed E-state index contributed by atoms with van der Waals surface area (Å²) in [5, 5.41) is 0. The van der Waals surface area contributed by atoms with Crippen molar-refractivity contribution in [2.45, 2.75) is 51.7 Å². The van der Waals surface area contributed by atoms with E-state index in [2.05, 4.69) is 76.3 Å². The highest BCUT2D eigenvalue weighted by Gasteiger charge is 2.19. The van der Waals surface area contributed by atoms with Gasteiger partial charge in [0.1, 0.15) is 5.75 Å². The molecule has 0 radical (unpaired) electrons. The van der Waals surface area contributed by atoms with Crippen molar-refractivity contribution in [3.05, 3.63) is 89.7 Å². The minimum absolute atomic E-state index is 0.821. The van der Waals surface area contributed by atoms with Crippen molar-refractivity contribution in [1.29, 1.82) is 0 Å². The van der Waals surface area contributed by atoms with E-state index in [1.165, 1.54) is 55.5 Å². The maximum Gasteiger partial charge on any atom is 0.119 e. The van der Waals surface area contributed by atoms with Gasteiger partial charge in [0, 0.05) is 38.1 Å². The van der Waals surface area contributed by atoms with Crippen molar-refractivity contribution >= 4 is 0 Å². The van der Waals surface area contributed by atoms with Gasteiger partial charge in [-0.1, -0.05) is 61.7 Å². The number of hydrogen-bond donors (Lipinski definition) is 0. The van der Waals surface area contributed by atoms with Crippen LogP contribution in [0.2, 0.25) is 0 Å². The molecule has 2 aromatic carbocycles. The van der Waals surface area contributed by atoms with Gasteiger partial charge in [-0.25, -0.2) is 0 Å². The maximum atomic E-state index is 5.46. The van der Waals surface area contributed by atoms with Crippen molar-refractivity contribution in [2.75, 3.05) is 13.7 Å². The zero-order valence-electron chi connectivity index (χ0n) is 18.2. The van der Waals surface area contributed by atoms with Crippen LogP contribution in [0.15, 0.2) is 72.9 Å². The van der Waals surface area contributed by atoms with Crippen LogP contribution < -0.4 is 4.74 Å². The Kier molecular flexibility index (Phi) is 7.25. The lowest BCUT2D eigenvalue weighted by Crippen LogP contribution is -2.30. The average molecular weight is 403 g/mol. The Morgan fingerprint density at radius 2 is 1.67 bits per heavy atom. The molecule has 3 nitrogen and oxygen atoms in total. The number of aromatic nitrogens is 1. The first-order chi connectivity index (χ1) is 14.8. The van der Waals surface area contributed by atoms with Gasteiger partial charge >= 0.3 is 0 Å². The van der Waals surface area contributed by atoms with E-state index in [1.54, 1.807) is 7.11 Å². The van der Waals surface area contributed by atoms with Crippen LogP contribution in [0, 0.1) is 5.92 Å². The summed E-state index contributed by atoms with van der Waals surface area (Å²) in [4.78, 5) is 2.64. The molecule has 30 heavy (non-hydrogen) atoms. The van der Waals surface area contributed by atoms with Gasteiger partial charge in [-0.05, 0) is 54.2 Å². The molecule has 1 saturated carbocycles. The molecule has 1 aliphatic rings. The van der Waals surface area contributed by atoms with Gasteiger partial charge in [-0.2, -0.15) is 0 Å². The summed E-state index contributed by atoms with van der Waals surface area (Å²) in [5.74, 6) is 1.76. The second-order valence-corrected chi connectivity index (χ2v) is 8.64. The number of hydrogen-bond acceptors (Lipinski definition) is 2. The number of rotatable bonds is 9. The van der Waals surface area contributed by atoms with Crippen molar-refractivity contribution in [2.24, 2.45) is 5.92 Å². The Morgan fingerprint density at radius 1 is 0.867 bits per heavy atom. The van der Waals surface area contributed by atoms with Crippen molar-refractivity contribution < 1.29 is 4.74 Å². The molecule has 3 heteroatoms. The normalized spacial score (nSPS) is 14.9. The summed E-state index contributed by atoms with van der Waals surface area (Å²) in [6.45, 7) is 4.05. The monoisotopic (exact) mass is 402 g/mol. The van der Waals surface area contributed by atoms with E-state index in [-0.39, 0.29) is 0 Å². The fourth-order valence-corrected chi connectivity index (χ4v) is 4.71. The molecule has 0 aliphatic heterocycles. The topological polar surface area (TPSA) is 17.4 Å². The van der Waals surface area contributed by atoms with Crippen LogP contribution in [0.4, 0.5) is 0 Å². The van der Waals surface area contributed by atoms with E-state index < -0.39 is 0 Å². The summed E-state index contributed by atoms with van der Waals surface area (Å²) in [6.07, 6.45) is 9.16. The second-order valence-electron chi connectivity index (χ2n) is 8.64. The molecule has 1 heterocycles. The Labute approximate surface area is 181 Å². The van der Waals surface area contributed by atoms with Crippen LogP contribution >= 0.6 is 0 Å². The third kappa shape index (κ3) is 5.76. The van der Waals surface area contributed by atoms with Gasteiger partial charge in [0.15, 0.2) is 0 Å². The first kappa shape index (κ1) is 20.7. The molecule has 3 aromatic rings. The van der Waals surface area contributed by atoms with E-state index in [0.29, 0.717) is 0 Å². The summed E-state index contributed by atoms with van der Waals surface area (Å²) in [7, 11) is 1.75. The van der Waals surface area contributed by atoms with Crippen LogP contribution in [0.25, 0.3) is 0 Å². The largest absolute Gasteiger partial charge is 0.497 e. The van der Waals surface area contributed by atoms with E-state index in [9.17, 15) is 0 Å². The van der Waals surface area contributed by atoms with Crippen molar-refractivity contribution in [3.63, 3.8) is 0 Å². The lowest BCUT2D eigenvalue weighted by molar-refractivity contribution is 0.183. The van der Waals surface area contributed by atoms with Crippen LogP contribution in [-0.4, -0.2) is 23.1 Å². The Morgan fingerprint density at radius 3 is 2.47 bits per heavy atom. The predicted octanol–water partition coefficient (Wildman–Crippen LogP) is 6.13. The molecule has 4 rings (SSSR count). The maximum absolute atomic E-state index is 5.46. The quantitative estimate of drug-likeness (QED) is 0.428. The molecule has 0 atom stereocenters. The van der Waals surface area contributed by atoms with Gasteiger partial charge in [0.05, 0.1) is 7.11 Å². The van der Waals surface area contributed by atoms with Gasteiger partial charge in [0.2, 0.25) is 0 Å². The molecule has 1 fully saturated rings. The van der Waals surface area contributed by atoms with Gasteiger partial charge in [-0.15, -0.1) is 0 Å². The summed E-state index contributed by atoms with van der Waals surface area (Å²) in [6, 6.07) is 23.7. The Bertz CT molecular complexity index is 896. The molecule has 0 bridgehead atoms. The highest BCUT2D eigenvalue weighted by molar-refractivity contribution is 5.28. The first-order valence-electron chi connectivity index (χ1n) is 11.3. The Balaban J connectivity index is 1.50. The van der Waals surface area contributed by atoms with Gasteiger partial charge in [0.25, 0.3) is 0 Å². The molecule has 0 amide bonds. The van der Waals surface area contributed by atoms with E-state index in [4.69, 9.17) is 4.74 Å². The smallest absolute Gasteiger partial charge is 0.119 e. The molecule has 0 spiro atoms. The predicted molar refractivity (Wildman–Crippen MR) is 124 cm³/mol. The van der Waals surface area contributed by atoms with Crippen LogP contribution in [0.1, 0.15) is 48.9 Å². The zero-order valence-corrected chi connectivity index (χ0v) is 18.2. The highest BCUT2D eigenvalue weighted by Crippen LogP contribution is 2.26.